The van der Waals surface area contributed by atoms with E-state index in [0.717, 1.165) is 16.9 Å². The van der Waals surface area contributed by atoms with E-state index in [-0.39, 0.29) is 19.0 Å². The Morgan fingerprint density at radius 2 is 1.27 bits per heavy atom. The molecular weight excluding hydrogens is 450 g/mol. The normalized spacial score (nSPS) is 12.2. The highest BCUT2D eigenvalue weighted by atomic mass is 31.2. The van der Waals surface area contributed by atoms with Crippen molar-refractivity contribution in [2.75, 3.05) is 14.2 Å². The Bertz CT molecular complexity index is 1080. The molecule has 0 aromatic heterocycles. The highest BCUT2D eigenvalue weighted by molar-refractivity contribution is 7.52. The Morgan fingerprint density at radius 1 is 0.788 bits per heavy atom. The number of benzene rings is 3. The van der Waals surface area contributed by atoms with E-state index in [4.69, 9.17) is 28.7 Å². The third-order valence-electron chi connectivity index (χ3n) is 4.91. The molecule has 0 aliphatic rings. The monoisotopic (exact) mass is 476 g/mol. The summed E-state index contributed by atoms with van der Waals surface area (Å²) in [5, 5.41) is 0. The van der Waals surface area contributed by atoms with Crippen molar-refractivity contribution in [3.8, 4) is 23.0 Å². The minimum absolute atomic E-state index is 0.172. The molecule has 176 valence electrons. The summed E-state index contributed by atoms with van der Waals surface area (Å²) in [6.45, 7) is 0.460. The lowest BCUT2D eigenvalue weighted by atomic mass is 10.1. The van der Waals surface area contributed by atoms with Crippen LogP contribution >= 0.6 is 7.60 Å². The van der Waals surface area contributed by atoms with Crippen LogP contribution in [0.5, 0.6) is 23.0 Å². The van der Waals surface area contributed by atoms with Gasteiger partial charge in [0, 0.05) is 12.5 Å². The van der Waals surface area contributed by atoms with Crippen molar-refractivity contribution >= 4 is 7.60 Å². The maximum Gasteiger partial charge on any atom is 0.359 e. The first-order chi connectivity index (χ1) is 15.8. The van der Waals surface area contributed by atoms with Gasteiger partial charge >= 0.3 is 7.60 Å². The second kappa shape index (κ2) is 11.2. The van der Waals surface area contributed by atoms with E-state index < -0.39 is 19.9 Å². The molecule has 0 aliphatic heterocycles. The number of halogens is 1. The average Bonchev–Trinajstić information content (AvgIpc) is 2.82. The maximum atomic E-state index is 14.1. The van der Waals surface area contributed by atoms with Crippen molar-refractivity contribution in [3.05, 3.63) is 83.4 Å². The van der Waals surface area contributed by atoms with Crippen molar-refractivity contribution in [2.24, 2.45) is 0 Å². The van der Waals surface area contributed by atoms with Crippen LogP contribution in [0.4, 0.5) is 4.39 Å². The van der Waals surface area contributed by atoms with Gasteiger partial charge in [0.05, 0.1) is 14.2 Å². The second-order valence-corrected chi connectivity index (χ2v) is 9.01. The van der Waals surface area contributed by atoms with Gasteiger partial charge in [0.25, 0.3) is 0 Å². The molecule has 0 saturated heterocycles. The van der Waals surface area contributed by atoms with Crippen LogP contribution in [0.2, 0.25) is 0 Å². The molecule has 7 nitrogen and oxygen atoms in total. The van der Waals surface area contributed by atoms with E-state index in [9.17, 15) is 8.96 Å². The zero-order chi connectivity index (χ0) is 23.8. The molecule has 0 heterocycles. The third-order valence-corrected chi connectivity index (χ3v) is 5.82. The minimum atomic E-state index is -4.88. The van der Waals surface area contributed by atoms with Crippen LogP contribution in [0.3, 0.4) is 0 Å². The Morgan fingerprint density at radius 3 is 1.76 bits per heavy atom. The second-order valence-electron chi connectivity index (χ2n) is 7.27. The van der Waals surface area contributed by atoms with Crippen molar-refractivity contribution in [3.63, 3.8) is 0 Å². The van der Waals surface area contributed by atoms with E-state index >= 15 is 0 Å². The predicted octanol–water partition coefficient (Wildman–Crippen LogP) is 4.88. The van der Waals surface area contributed by atoms with E-state index in [0.29, 0.717) is 17.1 Å². The molecule has 0 bridgehead atoms. The first-order valence-corrected chi connectivity index (χ1v) is 11.8. The van der Waals surface area contributed by atoms with E-state index in [2.05, 4.69) is 0 Å². The number of hydrogen-bond acceptors (Lipinski definition) is 5. The van der Waals surface area contributed by atoms with Gasteiger partial charge in [0.15, 0.2) is 0 Å². The van der Waals surface area contributed by atoms with Crippen LogP contribution in [0.15, 0.2) is 66.7 Å². The Kier molecular flexibility index (Phi) is 8.33. The molecule has 3 aromatic rings. The molecule has 0 saturated carbocycles. The number of ether oxygens (including phenoxy) is 4. The van der Waals surface area contributed by atoms with Gasteiger partial charge in [-0.1, -0.05) is 30.3 Å². The van der Waals surface area contributed by atoms with Crippen LogP contribution in [-0.2, 0) is 24.2 Å². The fraction of sp³-hybridized carbons (Fsp3) is 0.250. The lowest BCUT2D eigenvalue weighted by molar-refractivity contribution is 0.280. The summed E-state index contributed by atoms with van der Waals surface area (Å²) in [7, 11) is -1.71. The summed E-state index contributed by atoms with van der Waals surface area (Å²) in [5.41, 5.74) is 2.10. The van der Waals surface area contributed by atoms with Gasteiger partial charge in [-0.15, -0.1) is 0 Å². The predicted molar refractivity (Wildman–Crippen MR) is 122 cm³/mol. The largest absolute Gasteiger partial charge is 0.497 e. The molecule has 9 heteroatoms. The lowest BCUT2D eigenvalue weighted by Gasteiger charge is -2.16. The maximum absolute atomic E-state index is 14.1. The van der Waals surface area contributed by atoms with Crippen LogP contribution in [0.1, 0.15) is 16.7 Å². The summed E-state index contributed by atoms with van der Waals surface area (Å²) in [6.07, 6.45) is -0.485. The summed E-state index contributed by atoms with van der Waals surface area (Å²) >= 11 is 0. The number of rotatable bonds is 11. The summed E-state index contributed by atoms with van der Waals surface area (Å²) in [6, 6.07) is 19.4. The average molecular weight is 476 g/mol. The first kappa shape index (κ1) is 24.6. The molecule has 1 atom stereocenters. The van der Waals surface area contributed by atoms with Gasteiger partial charge in [-0.05, 0) is 47.0 Å². The topological polar surface area (TPSA) is 94.5 Å². The van der Waals surface area contributed by atoms with Crippen LogP contribution in [0, 0.1) is 0 Å². The fourth-order valence-corrected chi connectivity index (χ4v) is 3.43. The highest BCUT2D eigenvalue weighted by Crippen LogP contribution is 2.44. The van der Waals surface area contributed by atoms with Gasteiger partial charge in [0.1, 0.15) is 36.2 Å². The smallest absolute Gasteiger partial charge is 0.359 e. The van der Waals surface area contributed by atoms with Crippen LogP contribution in [0.25, 0.3) is 0 Å². The highest BCUT2D eigenvalue weighted by Gasteiger charge is 2.29. The molecule has 2 N–H and O–H groups in total. The number of methoxy groups -OCH3 is 2. The zero-order valence-corrected chi connectivity index (χ0v) is 19.2. The standard InChI is InChI=1S/C24H26FO7P/c1-29-20-8-3-17(4-9-20)15-31-22-12-7-19(13-24(25)33(26,27)28)23(14-22)32-16-18-5-10-21(30-2)11-6-18/h3-12,14,24H,13,15-16H2,1-2H3,(H2,26,27,28). The molecule has 3 aromatic carbocycles. The van der Waals surface area contributed by atoms with Crippen molar-refractivity contribution < 1.29 is 37.7 Å². The van der Waals surface area contributed by atoms with Gasteiger partial charge in [-0.25, -0.2) is 4.39 Å². The molecule has 3 rings (SSSR count). The number of hydrogen-bond donors (Lipinski definition) is 2. The quantitative estimate of drug-likeness (QED) is 0.381. The van der Waals surface area contributed by atoms with E-state index in [1.165, 1.54) is 0 Å². The zero-order valence-electron chi connectivity index (χ0n) is 18.3. The minimum Gasteiger partial charge on any atom is -0.497 e. The molecule has 0 amide bonds. The van der Waals surface area contributed by atoms with Crippen molar-refractivity contribution in [1.82, 2.24) is 0 Å². The molecule has 1 unspecified atom stereocenters. The van der Waals surface area contributed by atoms with Gasteiger partial charge in [0.2, 0.25) is 5.91 Å². The molecular formula is C24H26FO7P. The molecule has 33 heavy (non-hydrogen) atoms. The summed E-state index contributed by atoms with van der Waals surface area (Å²) < 4.78 is 47.4. The van der Waals surface area contributed by atoms with Gasteiger partial charge in [-0.2, -0.15) is 0 Å². The molecule has 0 aliphatic carbocycles. The third kappa shape index (κ3) is 7.22. The molecule has 0 radical (unpaired) electrons. The fourth-order valence-electron chi connectivity index (χ4n) is 3.00. The Hall–Kier alpha value is -3.06. The van der Waals surface area contributed by atoms with Gasteiger partial charge in [-0.3, -0.25) is 4.57 Å². The van der Waals surface area contributed by atoms with Crippen LogP contribution < -0.4 is 18.9 Å². The van der Waals surface area contributed by atoms with Crippen molar-refractivity contribution in [2.45, 2.75) is 25.5 Å². The first-order valence-electron chi connectivity index (χ1n) is 10.1. The lowest BCUT2D eigenvalue weighted by Crippen LogP contribution is -2.08. The molecule has 0 spiro atoms. The van der Waals surface area contributed by atoms with Crippen LogP contribution in [-0.4, -0.2) is 29.9 Å². The summed E-state index contributed by atoms with van der Waals surface area (Å²) in [4.78, 5) is 18.3. The SMILES string of the molecule is COc1ccc(COc2ccc(CC(F)P(=O)(O)O)c(OCc3ccc(OC)cc3)c2)cc1. The Labute approximate surface area is 191 Å². The van der Waals surface area contributed by atoms with Crippen molar-refractivity contribution in [1.29, 1.82) is 0 Å². The van der Waals surface area contributed by atoms with E-state index in [1.54, 1.807) is 44.6 Å². The Balaban J connectivity index is 1.76. The van der Waals surface area contributed by atoms with Gasteiger partial charge < -0.3 is 28.7 Å². The number of alkyl halides is 1. The molecule has 0 fully saturated rings. The van der Waals surface area contributed by atoms with E-state index in [1.807, 2.05) is 36.4 Å². The summed E-state index contributed by atoms with van der Waals surface area (Å²) in [5.74, 6) is -0.120.